The molecule has 1 N–H and O–H groups in total. The Hall–Kier alpha value is -2.34. The number of hydrogen-bond donors (Lipinski definition) is 1. The van der Waals surface area contributed by atoms with Crippen molar-refractivity contribution in [1.82, 2.24) is 15.0 Å². The molecule has 3 aromatic rings. The Morgan fingerprint density at radius 2 is 2.00 bits per heavy atom. The van der Waals surface area contributed by atoms with Gasteiger partial charge >= 0.3 is 0 Å². The van der Waals surface area contributed by atoms with E-state index in [1.807, 2.05) is 0 Å². The van der Waals surface area contributed by atoms with Gasteiger partial charge in [0, 0.05) is 6.20 Å². The molecule has 0 radical (unpaired) electrons. The van der Waals surface area contributed by atoms with E-state index in [4.69, 9.17) is 11.6 Å². The highest BCUT2D eigenvalue weighted by atomic mass is 35.5. The lowest BCUT2D eigenvalue weighted by Gasteiger charge is -2.05. The summed E-state index contributed by atoms with van der Waals surface area (Å²) in [5.41, 5.74) is -0.509. The summed E-state index contributed by atoms with van der Waals surface area (Å²) >= 11 is 5.48. The average molecular weight is 294 g/mol. The zero-order valence-corrected chi connectivity index (χ0v) is 10.6. The van der Waals surface area contributed by atoms with Crippen LogP contribution in [0.25, 0.3) is 22.4 Å². The third kappa shape index (κ3) is 2.04. The lowest BCUT2D eigenvalue weighted by Crippen LogP contribution is -2.10. The van der Waals surface area contributed by atoms with E-state index in [9.17, 15) is 13.6 Å². The summed E-state index contributed by atoms with van der Waals surface area (Å²) in [6.45, 7) is 0. The van der Waals surface area contributed by atoms with Gasteiger partial charge < -0.3 is 4.98 Å². The molecule has 0 atom stereocenters. The van der Waals surface area contributed by atoms with Gasteiger partial charge in [-0.25, -0.2) is 18.7 Å². The van der Waals surface area contributed by atoms with Crippen LogP contribution in [-0.2, 0) is 0 Å². The van der Waals surface area contributed by atoms with Crippen LogP contribution in [0.2, 0.25) is 5.02 Å². The predicted octanol–water partition coefficient (Wildman–Crippen LogP) is 2.92. The second-order valence-electron chi connectivity index (χ2n) is 4.04. The van der Waals surface area contributed by atoms with Crippen LogP contribution in [0.3, 0.4) is 0 Å². The van der Waals surface area contributed by atoms with E-state index in [0.717, 1.165) is 12.1 Å². The van der Waals surface area contributed by atoms with E-state index in [-0.39, 0.29) is 27.4 Å². The van der Waals surface area contributed by atoms with Crippen LogP contribution < -0.4 is 5.56 Å². The molecule has 0 spiro atoms. The van der Waals surface area contributed by atoms with Gasteiger partial charge in [0.15, 0.2) is 5.65 Å². The maximum absolute atomic E-state index is 13.8. The highest BCUT2D eigenvalue weighted by Crippen LogP contribution is 2.25. The molecule has 0 fully saturated rings. The first-order valence-corrected chi connectivity index (χ1v) is 5.94. The fourth-order valence-electron chi connectivity index (χ4n) is 1.80. The van der Waals surface area contributed by atoms with Crippen LogP contribution in [0.4, 0.5) is 8.78 Å². The van der Waals surface area contributed by atoms with Crippen LogP contribution in [-0.4, -0.2) is 15.0 Å². The molecule has 3 rings (SSSR count). The van der Waals surface area contributed by atoms with Crippen molar-refractivity contribution in [2.45, 2.75) is 0 Å². The highest BCUT2D eigenvalue weighted by molar-refractivity contribution is 6.30. The predicted molar refractivity (Wildman–Crippen MR) is 70.5 cm³/mol. The van der Waals surface area contributed by atoms with Crippen molar-refractivity contribution in [3.05, 3.63) is 57.5 Å². The Balaban J connectivity index is 2.30. The van der Waals surface area contributed by atoms with Gasteiger partial charge in [0.2, 0.25) is 0 Å². The van der Waals surface area contributed by atoms with Gasteiger partial charge in [-0.05, 0) is 24.3 Å². The van der Waals surface area contributed by atoms with E-state index in [1.165, 1.54) is 12.3 Å². The smallest absolute Gasteiger partial charge is 0.260 e. The molecular formula is C13H6ClF2N3O. The maximum Gasteiger partial charge on any atom is 0.260 e. The molecule has 0 aliphatic heterocycles. The third-order valence-corrected chi connectivity index (χ3v) is 3.04. The number of H-pyrrole nitrogens is 1. The summed E-state index contributed by atoms with van der Waals surface area (Å²) in [6.07, 6.45) is 1.46. The van der Waals surface area contributed by atoms with Crippen molar-refractivity contribution in [3.63, 3.8) is 0 Å². The van der Waals surface area contributed by atoms with E-state index in [1.54, 1.807) is 6.07 Å². The largest absolute Gasteiger partial charge is 0.306 e. The summed E-state index contributed by atoms with van der Waals surface area (Å²) in [7, 11) is 0. The topological polar surface area (TPSA) is 58.6 Å². The fourth-order valence-corrected chi connectivity index (χ4v) is 1.95. The number of hydrogen-bond acceptors (Lipinski definition) is 3. The van der Waals surface area contributed by atoms with Crippen LogP contribution in [0.15, 0.2) is 35.3 Å². The van der Waals surface area contributed by atoms with Crippen LogP contribution in [0.5, 0.6) is 0 Å². The van der Waals surface area contributed by atoms with Crippen molar-refractivity contribution in [3.8, 4) is 11.4 Å². The molecule has 0 saturated heterocycles. The molecule has 2 heterocycles. The lowest BCUT2D eigenvalue weighted by molar-refractivity contribution is 0.602. The number of rotatable bonds is 1. The Labute approximate surface area is 116 Å². The standard InChI is InChI=1S/C13H6ClF2N3O/c14-8-5-9(15)7(4-10(8)16)12-18-11-6(13(20)19-12)2-1-3-17-11/h1-5H,(H,17,18,19,20). The molecule has 4 nitrogen and oxygen atoms in total. The summed E-state index contributed by atoms with van der Waals surface area (Å²) in [6, 6.07) is 4.83. The Morgan fingerprint density at radius 1 is 1.20 bits per heavy atom. The van der Waals surface area contributed by atoms with Gasteiger partial charge in [-0.15, -0.1) is 0 Å². The second-order valence-corrected chi connectivity index (χ2v) is 4.44. The van der Waals surface area contributed by atoms with Gasteiger partial charge in [-0.2, -0.15) is 0 Å². The quantitative estimate of drug-likeness (QED) is 0.702. The van der Waals surface area contributed by atoms with E-state index >= 15 is 0 Å². The van der Waals surface area contributed by atoms with Crippen LogP contribution in [0, 0.1) is 11.6 Å². The normalized spacial score (nSPS) is 10.9. The van der Waals surface area contributed by atoms with E-state index in [0.29, 0.717) is 0 Å². The fraction of sp³-hybridized carbons (Fsp3) is 0. The average Bonchev–Trinajstić information content (AvgIpc) is 2.43. The molecule has 7 heteroatoms. The van der Waals surface area contributed by atoms with Gasteiger partial charge in [-0.3, -0.25) is 4.79 Å². The molecule has 0 unspecified atom stereocenters. The Morgan fingerprint density at radius 3 is 2.80 bits per heavy atom. The molecule has 20 heavy (non-hydrogen) atoms. The van der Waals surface area contributed by atoms with Gasteiger partial charge in [0.1, 0.15) is 17.5 Å². The molecule has 2 aromatic heterocycles. The molecule has 1 aromatic carbocycles. The Bertz CT molecular complexity index is 879. The number of benzene rings is 1. The SMILES string of the molecule is O=c1[nH]c(-c2cc(F)c(Cl)cc2F)nc2ncccc12. The van der Waals surface area contributed by atoms with Crippen molar-refractivity contribution in [1.29, 1.82) is 0 Å². The van der Waals surface area contributed by atoms with Crippen molar-refractivity contribution < 1.29 is 8.78 Å². The highest BCUT2D eigenvalue weighted by Gasteiger charge is 2.14. The van der Waals surface area contributed by atoms with Crippen molar-refractivity contribution in [2.75, 3.05) is 0 Å². The second kappa shape index (κ2) is 4.64. The van der Waals surface area contributed by atoms with Crippen LogP contribution >= 0.6 is 11.6 Å². The first-order chi connectivity index (χ1) is 9.56. The molecule has 0 amide bonds. The van der Waals surface area contributed by atoms with E-state index in [2.05, 4.69) is 15.0 Å². The maximum atomic E-state index is 13.8. The first-order valence-electron chi connectivity index (χ1n) is 5.56. The summed E-state index contributed by atoms with van der Waals surface area (Å²) < 4.78 is 27.2. The Kier molecular flexibility index (Phi) is 2.94. The number of nitrogens with zero attached hydrogens (tertiary/aromatic N) is 2. The number of pyridine rings is 1. The summed E-state index contributed by atoms with van der Waals surface area (Å²) in [5, 5.41) is -0.0707. The van der Waals surface area contributed by atoms with E-state index < -0.39 is 17.2 Å². The molecule has 0 aliphatic carbocycles. The molecule has 100 valence electrons. The molecular weight excluding hydrogens is 288 g/mol. The van der Waals surface area contributed by atoms with Gasteiger partial charge in [0.05, 0.1) is 16.0 Å². The monoisotopic (exact) mass is 293 g/mol. The summed E-state index contributed by atoms with van der Waals surface area (Å²) in [4.78, 5) is 22.2. The number of aromatic nitrogens is 3. The lowest BCUT2D eigenvalue weighted by atomic mass is 10.2. The zero-order valence-electron chi connectivity index (χ0n) is 9.82. The van der Waals surface area contributed by atoms with Crippen molar-refractivity contribution in [2.24, 2.45) is 0 Å². The van der Waals surface area contributed by atoms with Crippen LogP contribution in [0.1, 0.15) is 0 Å². The third-order valence-electron chi connectivity index (χ3n) is 2.75. The molecule has 0 bridgehead atoms. The minimum Gasteiger partial charge on any atom is -0.306 e. The van der Waals surface area contributed by atoms with Crippen molar-refractivity contribution >= 4 is 22.6 Å². The van der Waals surface area contributed by atoms with Gasteiger partial charge in [-0.1, -0.05) is 11.6 Å². The number of aromatic amines is 1. The molecule has 0 saturated carbocycles. The first kappa shape index (κ1) is 12.7. The zero-order chi connectivity index (χ0) is 14.3. The van der Waals surface area contributed by atoms with Gasteiger partial charge in [0.25, 0.3) is 5.56 Å². The summed E-state index contributed by atoms with van der Waals surface area (Å²) in [5.74, 6) is -1.68. The number of nitrogens with one attached hydrogen (secondary N) is 1. The molecule has 0 aliphatic rings. The number of fused-ring (bicyclic) bond motifs is 1. The minimum absolute atomic E-state index is 0.103. The number of halogens is 3. The minimum atomic E-state index is -0.799.